The van der Waals surface area contributed by atoms with E-state index in [1.165, 1.54) is 4.90 Å². The summed E-state index contributed by atoms with van der Waals surface area (Å²) >= 11 is 1.06. The van der Waals surface area contributed by atoms with Crippen LogP contribution >= 0.6 is 11.8 Å². The minimum atomic E-state index is -0.434. The topological polar surface area (TPSA) is 107 Å². The molecular weight excluding hydrogens is 440 g/mol. The number of rotatable bonds is 4. The highest BCUT2D eigenvalue weighted by Crippen LogP contribution is 2.36. The Balaban J connectivity index is 1.39. The first-order chi connectivity index (χ1) is 15.8. The fourth-order valence-corrected chi connectivity index (χ4v) is 4.50. The van der Waals surface area contributed by atoms with Crippen LogP contribution in [0.1, 0.15) is 26.5 Å². The van der Waals surface area contributed by atoms with Crippen LogP contribution in [-0.4, -0.2) is 37.0 Å². The van der Waals surface area contributed by atoms with Gasteiger partial charge in [0, 0.05) is 31.4 Å². The Bertz CT molecular complexity index is 1370. The van der Waals surface area contributed by atoms with Crippen LogP contribution in [0.4, 0.5) is 11.4 Å². The molecule has 3 heterocycles. The predicted octanol–water partition coefficient (Wildman–Crippen LogP) is 3.95. The van der Waals surface area contributed by atoms with Crippen LogP contribution in [0.3, 0.4) is 0 Å². The number of hydrogen-bond acceptors (Lipinski definition) is 7. The van der Waals surface area contributed by atoms with Crippen molar-refractivity contribution in [2.45, 2.75) is 0 Å². The third kappa shape index (κ3) is 3.62. The van der Waals surface area contributed by atoms with Crippen LogP contribution in [-0.2, 0) is 4.79 Å². The quantitative estimate of drug-likeness (QED) is 0.453. The molecule has 0 bridgehead atoms. The Morgan fingerprint density at radius 1 is 0.970 bits per heavy atom. The molecule has 0 saturated carbocycles. The number of carbonyl (C=O) groups excluding carboxylic acids is 3. The molecule has 3 amide bonds. The van der Waals surface area contributed by atoms with E-state index in [2.05, 4.69) is 5.32 Å². The zero-order valence-corrected chi connectivity index (χ0v) is 18.5. The van der Waals surface area contributed by atoms with Crippen molar-refractivity contribution in [2.24, 2.45) is 0 Å². The third-order valence-electron chi connectivity index (χ3n) is 5.37. The average Bonchev–Trinajstić information content (AvgIpc) is 3.45. The number of nitrogens with zero attached hydrogens (tertiary/aromatic N) is 2. The number of amides is 3. The first kappa shape index (κ1) is 20.8. The van der Waals surface area contributed by atoms with Crippen LogP contribution in [0.5, 0.6) is 0 Å². The second-order valence-electron chi connectivity index (χ2n) is 7.71. The lowest BCUT2D eigenvalue weighted by atomic mass is 10.0. The maximum atomic E-state index is 13.0. The van der Waals surface area contributed by atoms with Gasteiger partial charge < -0.3 is 9.32 Å². The molecule has 5 rings (SSSR count). The lowest BCUT2D eigenvalue weighted by Gasteiger charge is -2.17. The number of amidine groups is 1. The van der Waals surface area contributed by atoms with Gasteiger partial charge in [-0.2, -0.15) is 0 Å². The summed E-state index contributed by atoms with van der Waals surface area (Å²) in [5.74, 6) is -0.200. The first-order valence-corrected chi connectivity index (χ1v) is 10.8. The van der Waals surface area contributed by atoms with Gasteiger partial charge in [0.1, 0.15) is 11.5 Å². The predicted molar refractivity (Wildman–Crippen MR) is 127 cm³/mol. The van der Waals surface area contributed by atoms with E-state index in [-0.39, 0.29) is 11.1 Å². The van der Waals surface area contributed by atoms with Crippen LogP contribution in [0, 0.1) is 5.41 Å². The molecule has 0 unspecified atom stereocenters. The highest BCUT2D eigenvalue weighted by molar-refractivity contribution is 8.19. The molecule has 8 nitrogen and oxygen atoms in total. The van der Waals surface area contributed by atoms with Crippen LogP contribution in [0.25, 0.3) is 17.4 Å². The van der Waals surface area contributed by atoms with E-state index < -0.39 is 11.8 Å². The van der Waals surface area contributed by atoms with E-state index in [0.29, 0.717) is 38.8 Å². The van der Waals surface area contributed by atoms with Crippen molar-refractivity contribution in [3.8, 4) is 11.3 Å². The number of anilines is 2. The average molecular weight is 458 g/mol. The first-order valence-electron chi connectivity index (χ1n) is 10.0. The van der Waals surface area contributed by atoms with Gasteiger partial charge in [0.05, 0.1) is 21.7 Å². The minimum Gasteiger partial charge on any atom is -0.457 e. The van der Waals surface area contributed by atoms with Gasteiger partial charge in [-0.15, -0.1) is 0 Å². The summed E-state index contributed by atoms with van der Waals surface area (Å²) in [6, 6.07) is 15.8. The van der Waals surface area contributed by atoms with Gasteiger partial charge in [0.25, 0.3) is 17.7 Å². The zero-order chi connectivity index (χ0) is 23.3. The Hall–Kier alpha value is -4.11. The van der Waals surface area contributed by atoms with Crippen LogP contribution in [0.2, 0.25) is 0 Å². The summed E-state index contributed by atoms with van der Waals surface area (Å²) in [4.78, 5) is 40.3. The third-order valence-corrected chi connectivity index (χ3v) is 6.26. The molecule has 2 aromatic carbocycles. The highest BCUT2D eigenvalue weighted by atomic mass is 32.2. The number of thioether (sulfide) groups is 1. The molecule has 1 fully saturated rings. The number of benzene rings is 2. The van der Waals surface area contributed by atoms with E-state index in [1.54, 1.807) is 36.4 Å². The summed E-state index contributed by atoms with van der Waals surface area (Å²) < 4.78 is 5.87. The van der Waals surface area contributed by atoms with E-state index in [0.717, 1.165) is 17.4 Å². The molecule has 1 aromatic heterocycles. The molecule has 164 valence electrons. The number of carbonyl (C=O) groups is 3. The molecule has 33 heavy (non-hydrogen) atoms. The van der Waals surface area contributed by atoms with Gasteiger partial charge >= 0.3 is 0 Å². The van der Waals surface area contributed by atoms with Crippen molar-refractivity contribution in [3.05, 3.63) is 76.4 Å². The number of imide groups is 1. The van der Waals surface area contributed by atoms with E-state index >= 15 is 0 Å². The minimum absolute atomic E-state index is 0.116. The molecule has 2 aliphatic heterocycles. The molecule has 1 saturated heterocycles. The molecule has 0 radical (unpaired) electrons. The maximum Gasteiger partial charge on any atom is 0.271 e. The van der Waals surface area contributed by atoms with Crippen molar-refractivity contribution < 1.29 is 18.8 Å². The van der Waals surface area contributed by atoms with Gasteiger partial charge in [-0.05, 0) is 60.3 Å². The van der Waals surface area contributed by atoms with Crippen molar-refractivity contribution in [2.75, 3.05) is 23.9 Å². The Labute approximate surface area is 193 Å². The van der Waals surface area contributed by atoms with Gasteiger partial charge in [-0.1, -0.05) is 6.07 Å². The maximum absolute atomic E-state index is 13.0. The van der Waals surface area contributed by atoms with Gasteiger partial charge in [0.2, 0.25) is 0 Å². The Morgan fingerprint density at radius 2 is 1.70 bits per heavy atom. The van der Waals surface area contributed by atoms with Crippen LogP contribution < -0.4 is 15.1 Å². The van der Waals surface area contributed by atoms with E-state index in [1.807, 2.05) is 43.3 Å². The summed E-state index contributed by atoms with van der Waals surface area (Å²) in [5, 5.41) is 10.7. The molecular formula is C24H18N4O4S. The van der Waals surface area contributed by atoms with Crippen molar-refractivity contribution in [3.63, 3.8) is 0 Å². The molecule has 3 aromatic rings. The second-order valence-corrected chi connectivity index (χ2v) is 8.74. The molecule has 0 aliphatic carbocycles. The normalized spacial score (nSPS) is 16.5. The number of fused-ring (bicyclic) bond motifs is 1. The Kier molecular flexibility index (Phi) is 4.90. The number of hydrogen-bond donors (Lipinski definition) is 2. The summed E-state index contributed by atoms with van der Waals surface area (Å²) in [5.41, 5.74) is 2.90. The lowest BCUT2D eigenvalue weighted by Crippen LogP contribution is -2.28. The van der Waals surface area contributed by atoms with Gasteiger partial charge in [-0.25, -0.2) is 0 Å². The summed E-state index contributed by atoms with van der Waals surface area (Å²) in [6.45, 7) is 0. The second kappa shape index (κ2) is 7.79. The van der Waals surface area contributed by atoms with Crippen molar-refractivity contribution >= 4 is 52.1 Å². The van der Waals surface area contributed by atoms with Gasteiger partial charge in [0.15, 0.2) is 5.17 Å². The standard InChI is InChI=1S/C24H18N4O4S/c1-27(2)14-4-6-15(7-5-14)28-23(31)20(33-24(28)25)12-16-8-10-19(32-16)13-3-9-17-18(11-13)22(30)26-21(17)29/h3-12,25H,1-2H3,(H,26,29,30). The van der Waals surface area contributed by atoms with Crippen molar-refractivity contribution in [1.82, 2.24) is 5.32 Å². The summed E-state index contributed by atoms with van der Waals surface area (Å²) in [7, 11) is 3.87. The lowest BCUT2D eigenvalue weighted by molar-refractivity contribution is -0.113. The van der Waals surface area contributed by atoms with E-state index in [9.17, 15) is 14.4 Å². The molecule has 0 spiro atoms. The highest BCUT2D eigenvalue weighted by Gasteiger charge is 2.34. The molecule has 2 N–H and O–H groups in total. The smallest absolute Gasteiger partial charge is 0.271 e. The zero-order valence-electron chi connectivity index (χ0n) is 17.7. The molecule has 9 heteroatoms. The number of furan rings is 1. The Morgan fingerprint density at radius 3 is 2.42 bits per heavy atom. The fourth-order valence-electron chi connectivity index (χ4n) is 3.66. The SMILES string of the molecule is CN(C)c1ccc(N2C(=N)SC(=Cc3ccc(-c4ccc5c(c4)C(=O)NC5=O)o3)C2=O)cc1. The van der Waals surface area contributed by atoms with Crippen LogP contribution in [0.15, 0.2) is 63.9 Å². The van der Waals surface area contributed by atoms with Gasteiger partial charge in [-0.3, -0.25) is 30.0 Å². The van der Waals surface area contributed by atoms with Crippen molar-refractivity contribution in [1.29, 1.82) is 5.41 Å². The fraction of sp³-hybridized carbons (Fsp3) is 0.0833. The molecule has 2 aliphatic rings. The van der Waals surface area contributed by atoms with E-state index in [4.69, 9.17) is 9.83 Å². The largest absolute Gasteiger partial charge is 0.457 e. The number of nitrogens with one attached hydrogen (secondary N) is 2. The summed E-state index contributed by atoms with van der Waals surface area (Å²) in [6.07, 6.45) is 1.60. The molecule has 0 atom stereocenters. The monoisotopic (exact) mass is 458 g/mol.